The van der Waals surface area contributed by atoms with Gasteiger partial charge >= 0.3 is 4.87 Å². The summed E-state index contributed by atoms with van der Waals surface area (Å²) in [6.07, 6.45) is 0. The molecule has 0 spiro atoms. The van der Waals surface area contributed by atoms with Crippen LogP contribution in [0.5, 0.6) is 5.75 Å². The molecule has 0 radical (unpaired) electrons. The number of carbonyl (C=O) groups is 1. The Kier molecular flexibility index (Phi) is 4.32. The zero-order valence-corrected chi connectivity index (χ0v) is 12.9. The number of nitrogens with one attached hydrogen (secondary N) is 1. The highest BCUT2D eigenvalue weighted by atomic mass is 32.1. The van der Waals surface area contributed by atoms with Gasteiger partial charge in [-0.25, -0.2) is 0 Å². The molecule has 2 aromatic rings. The van der Waals surface area contributed by atoms with Crippen LogP contribution in [0.4, 0.5) is 11.4 Å². The maximum Gasteiger partial charge on any atom is 0.308 e. The summed E-state index contributed by atoms with van der Waals surface area (Å²) in [5, 5.41) is 2.73. The minimum Gasteiger partial charge on any atom is -0.494 e. The highest BCUT2D eigenvalue weighted by Crippen LogP contribution is 2.26. The van der Waals surface area contributed by atoms with E-state index in [4.69, 9.17) is 10.5 Å². The predicted octanol–water partition coefficient (Wildman–Crippen LogP) is 1.76. The number of hydrogen-bond acceptors (Lipinski definition) is 5. The van der Waals surface area contributed by atoms with Crippen molar-refractivity contribution < 1.29 is 9.53 Å². The average molecular weight is 307 g/mol. The standard InChI is InChI=1S/C14H17N3O3S/c1-8-9(2)21-14(19)17(8)7-13(18)16-11-5-4-10(15)6-12(11)20-3/h4-6H,7,15H2,1-3H3,(H,16,18). The largest absolute Gasteiger partial charge is 0.494 e. The number of carbonyl (C=O) groups excluding carboxylic acids is 1. The topological polar surface area (TPSA) is 86.3 Å². The lowest BCUT2D eigenvalue weighted by Gasteiger charge is -2.11. The van der Waals surface area contributed by atoms with Gasteiger partial charge in [0, 0.05) is 22.3 Å². The molecule has 7 heteroatoms. The first kappa shape index (κ1) is 15.1. The summed E-state index contributed by atoms with van der Waals surface area (Å²) in [5.41, 5.74) is 7.54. The van der Waals surface area contributed by atoms with Crippen LogP contribution in [0.15, 0.2) is 23.0 Å². The maximum atomic E-state index is 12.1. The van der Waals surface area contributed by atoms with Crippen LogP contribution in [0.3, 0.4) is 0 Å². The van der Waals surface area contributed by atoms with Crippen molar-refractivity contribution in [2.24, 2.45) is 0 Å². The summed E-state index contributed by atoms with van der Waals surface area (Å²) in [7, 11) is 1.50. The molecule has 1 heterocycles. The molecule has 0 aliphatic heterocycles. The molecule has 3 N–H and O–H groups in total. The Bertz CT molecular complexity index is 734. The van der Waals surface area contributed by atoms with Crippen LogP contribution in [0, 0.1) is 13.8 Å². The second-order valence-corrected chi connectivity index (χ2v) is 5.77. The lowest BCUT2D eigenvalue weighted by Crippen LogP contribution is -2.25. The Hall–Kier alpha value is -2.28. The number of aromatic nitrogens is 1. The van der Waals surface area contributed by atoms with Crippen molar-refractivity contribution >= 4 is 28.6 Å². The number of nitrogen functional groups attached to an aromatic ring is 1. The smallest absolute Gasteiger partial charge is 0.308 e. The molecule has 112 valence electrons. The third kappa shape index (κ3) is 3.25. The number of amides is 1. The number of hydrogen-bond donors (Lipinski definition) is 2. The van der Waals surface area contributed by atoms with E-state index in [1.54, 1.807) is 18.2 Å². The van der Waals surface area contributed by atoms with Gasteiger partial charge in [0.2, 0.25) is 5.91 Å². The van der Waals surface area contributed by atoms with Gasteiger partial charge in [-0.1, -0.05) is 11.3 Å². The van der Waals surface area contributed by atoms with Crippen molar-refractivity contribution in [3.05, 3.63) is 38.4 Å². The summed E-state index contributed by atoms with van der Waals surface area (Å²) >= 11 is 1.14. The monoisotopic (exact) mass is 307 g/mol. The Morgan fingerprint density at radius 3 is 2.71 bits per heavy atom. The highest BCUT2D eigenvalue weighted by molar-refractivity contribution is 7.09. The van der Waals surface area contributed by atoms with Gasteiger partial charge in [0.25, 0.3) is 0 Å². The Labute approximate surface area is 126 Å². The third-order valence-corrected chi connectivity index (χ3v) is 4.17. The van der Waals surface area contributed by atoms with Crippen LogP contribution >= 0.6 is 11.3 Å². The second kappa shape index (κ2) is 6.01. The first-order valence-corrected chi connectivity index (χ1v) is 7.14. The van der Waals surface area contributed by atoms with Crippen LogP contribution in [0.25, 0.3) is 0 Å². The van der Waals surface area contributed by atoms with Gasteiger partial charge in [-0.3, -0.25) is 14.2 Å². The predicted molar refractivity (Wildman–Crippen MR) is 84.1 cm³/mol. The van der Waals surface area contributed by atoms with Crippen molar-refractivity contribution in [3.63, 3.8) is 0 Å². The van der Waals surface area contributed by atoms with E-state index >= 15 is 0 Å². The first-order chi connectivity index (χ1) is 9.92. The number of nitrogens with two attached hydrogens (primary N) is 1. The van der Waals surface area contributed by atoms with Crippen molar-refractivity contribution in [2.45, 2.75) is 20.4 Å². The average Bonchev–Trinajstić information content (AvgIpc) is 2.67. The second-order valence-electron chi connectivity index (χ2n) is 4.60. The van der Waals surface area contributed by atoms with Crippen molar-refractivity contribution in [1.82, 2.24) is 4.57 Å². The van der Waals surface area contributed by atoms with Gasteiger partial charge in [-0.05, 0) is 26.0 Å². The fourth-order valence-electron chi connectivity index (χ4n) is 1.91. The molecule has 1 aromatic carbocycles. The molecular weight excluding hydrogens is 290 g/mol. The Balaban J connectivity index is 2.17. The third-order valence-electron chi connectivity index (χ3n) is 3.18. The molecule has 0 unspecified atom stereocenters. The van der Waals surface area contributed by atoms with Gasteiger partial charge < -0.3 is 15.8 Å². The summed E-state index contributed by atoms with van der Waals surface area (Å²) < 4.78 is 6.63. The minimum absolute atomic E-state index is 0.0253. The molecule has 6 nitrogen and oxygen atoms in total. The molecule has 0 aliphatic carbocycles. The number of benzene rings is 1. The first-order valence-electron chi connectivity index (χ1n) is 6.32. The van der Waals surface area contributed by atoms with Crippen molar-refractivity contribution in [2.75, 3.05) is 18.2 Å². The van der Waals surface area contributed by atoms with E-state index < -0.39 is 0 Å². The van der Waals surface area contributed by atoms with Gasteiger partial charge in [0.15, 0.2) is 0 Å². The fraction of sp³-hybridized carbons (Fsp3) is 0.286. The lowest BCUT2D eigenvalue weighted by molar-refractivity contribution is -0.116. The van der Waals surface area contributed by atoms with Crippen LogP contribution in [-0.4, -0.2) is 17.6 Å². The molecule has 1 aromatic heterocycles. The molecule has 21 heavy (non-hydrogen) atoms. The molecule has 0 aliphatic rings. The van der Waals surface area contributed by atoms with Crippen LogP contribution in [-0.2, 0) is 11.3 Å². The zero-order valence-electron chi connectivity index (χ0n) is 12.1. The van der Waals surface area contributed by atoms with Crippen LogP contribution < -0.4 is 20.7 Å². The molecule has 0 fully saturated rings. The SMILES string of the molecule is COc1cc(N)ccc1NC(=O)Cn1c(C)c(C)sc1=O. The Morgan fingerprint density at radius 2 is 2.14 bits per heavy atom. The van der Waals surface area contributed by atoms with Crippen molar-refractivity contribution in [3.8, 4) is 5.75 Å². The molecule has 0 saturated carbocycles. The minimum atomic E-state index is -0.291. The number of rotatable bonds is 4. The number of ether oxygens (including phenoxy) is 1. The van der Waals surface area contributed by atoms with Gasteiger partial charge in [0.1, 0.15) is 12.3 Å². The fourth-order valence-corrected chi connectivity index (χ4v) is 2.75. The van der Waals surface area contributed by atoms with E-state index in [1.165, 1.54) is 11.7 Å². The van der Waals surface area contributed by atoms with E-state index in [1.807, 2.05) is 13.8 Å². The quantitative estimate of drug-likeness (QED) is 0.843. The normalized spacial score (nSPS) is 10.4. The summed E-state index contributed by atoms with van der Waals surface area (Å²) in [6.45, 7) is 3.66. The lowest BCUT2D eigenvalue weighted by atomic mass is 10.2. The summed E-state index contributed by atoms with van der Waals surface area (Å²) in [4.78, 5) is 24.7. The van der Waals surface area contributed by atoms with Gasteiger partial charge in [-0.2, -0.15) is 0 Å². The van der Waals surface area contributed by atoms with Gasteiger partial charge in [0.05, 0.1) is 12.8 Å². The molecular formula is C14H17N3O3S. The van der Waals surface area contributed by atoms with Crippen LogP contribution in [0.2, 0.25) is 0 Å². The maximum absolute atomic E-state index is 12.1. The van der Waals surface area contributed by atoms with E-state index in [0.29, 0.717) is 17.1 Å². The Morgan fingerprint density at radius 1 is 1.43 bits per heavy atom. The van der Waals surface area contributed by atoms with E-state index in [0.717, 1.165) is 21.9 Å². The molecule has 0 saturated heterocycles. The van der Waals surface area contributed by atoms with Gasteiger partial charge in [-0.15, -0.1) is 0 Å². The van der Waals surface area contributed by atoms with Crippen LogP contribution in [0.1, 0.15) is 10.6 Å². The van der Waals surface area contributed by atoms with E-state index in [-0.39, 0.29) is 17.3 Å². The zero-order chi connectivity index (χ0) is 15.6. The highest BCUT2D eigenvalue weighted by Gasteiger charge is 2.13. The number of methoxy groups -OCH3 is 1. The molecule has 0 bridgehead atoms. The summed E-state index contributed by atoms with van der Waals surface area (Å²) in [6, 6.07) is 4.96. The molecule has 2 rings (SSSR count). The number of nitrogens with zero attached hydrogens (tertiary/aromatic N) is 1. The van der Waals surface area contributed by atoms with E-state index in [2.05, 4.69) is 5.32 Å². The van der Waals surface area contributed by atoms with Crippen molar-refractivity contribution in [1.29, 1.82) is 0 Å². The number of thiazole rings is 1. The summed E-state index contributed by atoms with van der Waals surface area (Å²) in [5.74, 6) is 0.190. The molecule has 0 atom stereocenters. The number of anilines is 2. The number of aryl methyl sites for hydroxylation is 1. The van der Waals surface area contributed by atoms with E-state index in [9.17, 15) is 9.59 Å². The molecule has 1 amide bonds.